The van der Waals surface area contributed by atoms with Crippen LogP contribution in [0.4, 0.5) is 5.13 Å². The zero-order chi connectivity index (χ0) is 19.1. The number of benzene rings is 2. The molecule has 1 heterocycles. The van der Waals surface area contributed by atoms with Crippen LogP contribution in [0.1, 0.15) is 15.9 Å². The van der Waals surface area contributed by atoms with E-state index in [0.29, 0.717) is 20.8 Å². The van der Waals surface area contributed by atoms with E-state index in [2.05, 4.69) is 15.5 Å². The van der Waals surface area contributed by atoms with Gasteiger partial charge in [0.2, 0.25) is 5.13 Å². The quantitative estimate of drug-likeness (QED) is 0.352. The Hall–Kier alpha value is -2.71. The predicted molar refractivity (Wildman–Crippen MR) is 107 cm³/mol. The van der Waals surface area contributed by atoms with Crippen LogP contribution in [-0.4, -0.2) is 34.2 Å². The zero-order valence-electron chi connectivity index (χ0n) is 14.5. The van der Waals surface area contributed by atoms with Gasteiger partial charge in [-0.15, -0.1) is 10.2 Å². The van der Waals surface area contributed by atoms with Gasteiger partial charge in [0.25, 0.3) is 5.91 Å². The second-order valence-corrected chi connectivity index (χ2v) is 7.80. The van der Waals surface area contributed by atoms with E-state index in [1.54, 1.807) is 12.1 Å². The van der Waals surface area contributed by atoms with Crippen LogP contribution in [0.15, 0.2) is 58.9 Å². The molecular weight excluding hydrogens is 382 g/mol. The SMILES string of the molecule is Cc1ccc(C(=O)CSc2nnc(NC(=O)COc3ccccc3)s2)cc1. The third-order valence-corrected chi connectivity index (χ3v) is 5.44. The zero-order valence-corrected chi connectivity index (χ0v) is 16.2. The Morgan fingerprint density at radius 2 is 1.81 bits per heavy atom. The fraction of sp³-hybridized carbons (Fsp3) is 0.158. The molecule has 6 nitrogen and oxygen atoms in total. The maximum Gasteiger partial charge on any atom is 0.264 e. The van der Waals surface area contributed by atoms with E-state index in [9.17, 15) is 9.59 Å². The maximum absolute atomic E-state index is 12.2. The average Bonchev–Trinajstić information content (AvgIpc) is 3.13. The minimum atomic E-state index is -0.317. The summed E-state index contributed by atoms with van der Waals surface area (Å²) in [7, 11) is 0. The molecule has 1 aromatic heterocycles. The normalized spacial score (nSPS) is 10.4. The fourth-order valence-corrected chi connectivity index (χ4v) is 3.75. The first-order valence-corrected chi connectivity index (χ1v) is 9.94. The highest BCUT2D eigenvalue weighted by Gasteiger charge is 2.12. The van der Waals surface area contributed by atoms with Gasteiger partial charge in [0.1, 0.15) is 5.75 Å². The summed E-state index contributed by atoms with van der Waals surface area (Å²) in [6, 6.07) is 16.5. The number of nitrogens with one attached hydrogen (secondary N) is 1. The molecule has 0 aliphatic carbocycles. The molecule has 1 amide bonds. The van der Waals surface area contributed by atoms with Crippen LogP contribution in [0.5, 0.6) is 5.75 Å². The third-order valence-electron chi connectivity index (χ3n) is 3.47. The first kappa shape index (κ1) is 19.1. The molecular formula is C19H17N3O3S2. The second kappa shape index (κ2) is 9.29. The average molecular weight is 399 g/mol. The molecule has 0 radical (unpaired) electrons. The Bertz CT molecular complexity index is 911. The lowest BCUT2D eigenvalue weighted by Gasteiger charge is -2.04. The Labute approximate surface area is 165 Å². The maximum atomic E-state index is 12.2. The molecule has 0 aliphatic rings. The summed E-state index contributed by atoms with van der Waals surface area (Å²) < 4.78 is 6.00. The molecule has 3 aromatic rings. The standard InChI is InChI=1S/C19H17N3O3S2/c1-13-7-9-14(10-8-13)16(23)12-26-19-22-21-18(27-19)20-17(24)11-25-15-5-3-2-4-6-15/h2-10H,11-12H2,1H3,(H,20,21,24). The van der Waals surface area contributed by atoms with Gasteiger partial charge in [-0.25, -0.2) is 0 Å². The van der Waals surface area contributed by atoms with Crippen molar-refractivity contribution in [3.63, 3.8) is 0 Å². The summed E-state index contributed by atoms with van der Waals surface area (Å²) in [5, 5.41) is 10.9. The topological polar surface area (TPSA) is 81.2 Å². The van der Waals surface area contributed by atoms with Gasteiger partial charge in [-0.3, -0.25) is 14.9 Å². The number of carbonyl (C=O) groups is 2. The van der Waals surface area contributed by atoms with Crippen molar-refractivity contribution in [2.75, 3.05) is 17.7 Å². The highest BCUT2D eigenvalue weighted by atomic mass is 32.2. The van der Waals surface area contributed by atoms with E-state index in [0.717, 1.165) is 5.56 Å². The number of thioether (sulfide) groups is 1. The van der Waals surface area contributed by atoms with Gasteiger partial charge in [-0.1, -0.05) is 71.1 Å². The first-order chi connectivity index (χ1) is 13.1. The van der Waals surface area contributed by atoms with Crippen LogP contribution in [-0.2, 0) is 4.79 Å². The summed E-state index contributed by atoms with van der Waals surface area (Å²) in [5.74, 6) is 0.595. The number of anilines is 1. The number of aromatic nitrogens is 2. The van der Waals surface area contributed by atoms with Crippen LogP contribution in [0.2, 0.25) is 0 Å². The van der Waals surface area contributed by atoms with Crippen molar-refractivity contribution in [1.29, 1.82) is 0 Å². The molecule has 27 heavy (non-hydrogen) atoms. The monoisotopic (exact) mass is 399 g/mol. The summed E-state index contributed by atoms with van der Waals surface area (Å²) >= 11 is 2.52. The first-order valence-electron chi connectivity index (χ1n) is 8.14. The van der Waals surface area contributed by atoms with E-state index < -0.39 is 0 Å². The lowest BCUT2D eigenvalue weighted by atomic mass is 10.1. The van der Waals surface area contributed by atoms with E-state index in [1.807, 2.05) is 49.4 Å². The molecule has 3 rings (SSSR count). The number of ketones is 1. The van der Waals surface area contributed by atoms with E-state index in [1.165, 1.54) is 23.1 Å². The second-order valence-electron chi connectivity index (χ2n) is 5.60. The largest absolute Gasteiger partial charge is 0.484 e. The van der Waals surface area contributed by atoms with E-state index in [-0.39, 0.29) is 24.1 Å². The van der Waals surface area contributed by atoms with Crippen molar-refractivity contribution in [3.8, 4) is 5.75 Å². The number of Topliss-reactive ketones (excluding diaryl/α,β-unsaturated/α-hetero) is 1. The molecule has 138 valence electrons. The molecule has 0 saturated carbocycles. The van der Waals surface area contributed by atoms with Gasteiger partial charge >= 0.3 is 0 Å². The van der Waals surface area contributed by atoms with Crippen molar-refractivity contribution in [1.82, 2.24) is 10.2 Å². The Kier molecular flexibility index (Phi) is 6.56. The summed E-state index contributed by atoms with van der Waals surface area (Å²) in [6.45, 7) is 1.86. The Balaban J connectivity index is 1.45. The molecule has 8 heteroatoms. The highest BCUT2D eigenvalue weighted by molar-refractivity contribution is 8.01. The number of aryl methyl sites for hydroxylation is 1. The van der Waals surface area contributed by atoms with Crippen LogP contribution in [0.25, 0.3) is 0 Å². The van der Waals surface area contributed by atoms with Gasteiger partial charge in [-0.05, 0) is 19.1 Å². The lowest BCUT2D eigenvalue weighted by molar-refractivity contribution is -0.118. The molecule has 0 atom stereocenters. The van der Waals surface area contributed by atoms with Gasteiger partial charge in [-0.2, -0.15) is 0 Å². The minimum Gasteiger partial charge on any atom is -0.484 e. The summed E-state index contributed by atoms with van der Waals surface area (Å²) in [6.07, 6.45) is 0. The number of nitrogens with zero attached hydrogens (tertiary/aromatic N) is 2. The Morgan fingerprint density at radius 3 is 2.56 bits per heavy atom. The van der Waals surface area contributed by atoms with Crippen molar-refractivity contribution in [2.45, 2.75) is 11.3 Å². The van der Waals surface area contributed by atoms with Crippen molar-refractivity contribution >= 4 is 39.9 Å². The molecule has 2 aromatic carbocycles. The molecule has 0 unspecified atom stereocenters. The van der Waals surface area contributed by atoms with Crippen molar-refractivity contribution in [3.05, 3.63) is 65.7 Å². The van der Waals surface area contributed by atoms with E-state index in [4.69, 9.17) is 4.74 Å². The fourth-order valence-electron chi connectivity index (χ4n) is 2.09. The number of rotatable bonds is 8. The van der Waals surface area contributed by atoms with Gasteiger partial charge in [0, 0.05) is 5.56 Å². The summed E-state index contributed by atoms with van der Waals surface area (Å²) in [5.41, 5.74) is 1.78. The van der Waals surface area contributed by atoms with Crippen LogP contribution < -0.4 is 10.1 Å². The predicted octanol–water partition coefficient (Wildman–Crippen LogP) is 3.84. The highest BCUT2D eigenvalue weighted by Crippen LogP contribution is 2.26. The number of carbonyl (C=O) groups excluding carboxylic acids is 2. The molecule has 0 fully saturated rings. The van der Waals surface area contributed by atoms with Crippen LogP contribution in [0.3, 0.4) is 0 Å². The third kappa shape index (κ3) is 5.90. The van der Waals surface area contributed by atoms with Crippen LogP contribution in [0, 0.1) is 6.92 Å². The number of hydrogen-bond donors (Lipinski definition) is 1. The molecule has 0 bridgehead atoms. The van der Waals surface area contributed by atoms with Crippen LogP contribution >= 0.6 is 23.1 Å². The Morgan fingerprint density at radius 1 is 1.07 bits per heavy atom. The number of hydrogen-bond acceptors (Lipinski definition) is 7. The minimum absolute atomic E-state index is 0.0250. The van der Waals surface area contributed by atoms with E-state index >= 15 is 0 Å². The lowest BCUT2D eigenvalue weighted by Crippen LogP contribution is -2.20. The molecule has 0 aliphatic heterocycles. The number of amides is 1. The van der Waals surface area contributed by atoms with Gasteiger partial charge in [0.05, 0.1) is 5.75 Å². The molecule has 0 saturated heterocycles. The smallest absolute Gasteiger partial charge is 0.264 e. The van der Waals surface area contributed by atoms with Gasteiger partial charge in [0.15, 0.2) is 16.7 Å². The molecule has 1 N–H and O–H groups in total. The van der Waals surface area contributed by atoms with Gasteiger partial charge < -0.3 is 4.74 Å². The number of para-hydroxylation sites is 1. The van der Waals surface area contributed by atoms with Crippen molar-refractivity contribution in [2.24, 2.45) is 0 Å². The molecule has 0 spiro atoms. The van der Waals surface area contributed by atoms with Crippen molar-refractivity contribution < 1.29 is 14.3 Å². The number of ether oxygens (including phenoxy) is 1. The summed E-state index contributed by atoms with van der Waals surface area (Å²) in [4.78, 5) is 24.1.